The molecule has 0 radical (unpaired) electrons. The molecule has 8 nitrogen and oxygen atoms in total. The molecule has 0 atom stereocenters. The Bertz CT molecular complexity index is 1400. The number of nitrogens with zero attached hydrogens (tertiary/aromatic N) is 1. The first-order chi connectivity index (χ1) is 16.9. The topological polar surface area (TPSA) is 103 Å². The Kier molecular flexibility index (Phi) is 6.82. The molecule has 8 heteroatoms. The summed E-state index contributed by atoms with van der Waals surface area (Å²) >= 11 is 0. The maximum absolute atomic E-state index is 12.4. The maximum atomic E-state index is 12.4. The number of rotatable bonds is 7. The average Bonchev–Trinajstić information content (AvgIpc) is 2.86. The van der Waals surface area contributed by atoms with Crippen LogP contribution in [-0.2, 0) is 0 Å². The van der Waals surface area contributed by atoms with Crippen molar-refractivity contribution in [2.75, 3.05) is 19.5 Å². The SMILES string of the molecule is COc1cc2nccc(Oc3cc(C)c(NC(=O)Oc4ccc(C=N)cc4)cc3C)c2cc1OC. The van der Waals surface area contributed by atoms with Crippen LogP contribution >= 0.6 is 0 Å². The third kappa shape index (κ3) is 5.16. The number of fused-ring (bicyclic) bond motifs is 1. The van der Waals surface area contributed by atoms with Crippen molar-refractivity contribution in [3.8, 4) is 28.7 Å². The van der Waals surface area contributed by atoms with Crippen molar-refractivity contribution in [2.45, 2.75) is 13.8 Å². The van der Waals surface area contributed by atoms with Gasteiger partial charge in [-0.1, -0.05) is 0 Å². The normalized spacial score (nSPS) is 10.5. The summed E-state index contributed by atoms with van der Waals surface area (Å²) in [4.78, 5) is 16.8. The first kappa shape index (κ1) is 23.6. The summed E-state index contributed by atoms with van der Waals surface area (Å²) in [5.74, 6) is 2.82. The van der Waals surface area contributed by atoms with Gasteiger partial charge in [0.2, 0.25) is 0 Å². The van der Waals surface area contributed by atoms with E-state index in [2.05, 4.69) is 10.3 Å². The highest BCUT2D eigenvalue weighted by atomic mass is 16.6. The minimum absolute atomic E-state index is 0.388. The molecule has 1 amide bonds. The molecule has 0 aliphatic rings. The number of aryl methyl sites for hydroxylation is 2. The summed E-state index contributed by atoms with van der Waals surface area (Å²) < 4.78 is 22.4. The number of carbonyl (C=O) groups excluding carboxylic acids is 1. The molecule has 0 fully saturated rings. The Balaban J connectivity index is 1.55. The fourth-order valence-corrected chi connectivity index (χ4v) is 3.56. The minimum atomic E-state index is -0.607. The molecule has 0 aliphatic heterocycles. The number of ether oxygens (including phenoxy) is 4. The van der Waals surface area contributed by atoms with Gasteiger partial charge in [-0.2, -0.15) is 0 Å². The lowest BCUT2D eigenvalue weighted by Crippen LogP contribution is -2.17. The van der Waals surface area contributed by atoms with E-state index in [1.54, 1.807) is 56.8 Å². The molecule has 0 saturated carbocycles. The number of nitrogens with one attached hydrogen (secondary N) is 2. The summed E-state index contributed by atoms with van der Waals surface area (Å²) in [6.45, 7) is 3.77. The summed E-state index contributed by atoms with van der Waals surface area (Å²) in [5.41, 5.74) is 3.68. The fraction of sp³-hybridized carbons (Fsp3) is 0.148. The van der Waals surface area contributed by atoms with E-state index >= 15 is 0 Å². The predicted octanol–water partition coefficient (Wildman–Crippen LogP) is 6.27. The lowest BCUT2D eigenvalue weighted by atomic mass is 10.1. The molecule has 4 rings (SSSR count). The molecule has 0 bridgehead atoms. The number of aromatic nitrogens is 1. The van der Waals surface area contributed by atoms with E-state index in [-0.39, 0.29) is 0 Å². The third-order valence-corrected chi connectivity index (χ3v) is 5.44. The average molecular weight is 472 g/mol. The van der Waals surface area contributed by atoms with E-state index in [0.29, 0.717) is 40.0 Å². The van der Waals surface area contributed by atoms with Crippen LogP contribution in [0.25, 0.3) is 10.9 Å². The Morgan fingerprint density at radius 1 is 0.886 bits per heavy atom. The van der Waals surface area contributed by atoms with Gasteiger partial charge in [-0.15, -0.1) is 0 Å². The molecule has 0 unspecified atom stereocenters. The number of hydrogen-bond donors (Lipinski definition) is 2. The van der Waals surface area contributed by atoms with Gasteiger partial charge in [-0.3, -0.25) is 10.3 Å². The van der Waals surface area contributed by atoms with E-state index in [1.165, 1.54) is 6.21 Å². The molecule has 4 aromatic rings. The zero-order chi connectivity index (χ0) is 24.9. The van der Waals surface area contributed by atoms with Crippen LogP contribution in [-0.4, -0.2) is 31.5 Å². The highest BCUT2D eigenvalue weighted by molar-refractivity contribution is 5.89. The van der Waals surface area contributed by atoms with Crippen LogP contribution in [0.4, 0.5) is 10.5 Å². The van der Waals surface area contributed by atoms with Gasteiger partial charge in [0.25, 0.3) is 0 Å². The number of carbonyl (C=O) groups is 1. The quantitative estimate of drug-likeness (QED) is 0.308. The largest absolute Gasteiger partial charge is 0.493 e. The van der Waals surface area contributed by atoms with Crippen molar-refractivity contribution in [2.24, 2.45) is 0 Å². The van der Waals surface area contributed by atoms with Crippen LogP contribution in [0, 0.1) is 19.3 Å². The van der Waals surface area contributed by atoms with Crippen LogP contribution < -0.4 is 24.3 Å². The molecule has 2 N–H and O–H groups in total. The molecule has 0 aliphatic carbocycles. The van der Waals surface area contributed by atoms with Crippen molar-refractivity contribution in [1.82, 2.24) is 4.98 Å². The van der Waals surface area contributed by atoms with Gasteiger partial charge in [0.1, 0.15) is 17.2 Å². The van der Waals surface area contributed by atoms with E-state index in [4.69, 9.17) is 24.4 Å². The molecular formula is C27H25N3O5. The number of hydrogen-bond acceptors (Lipinski definition) is 7. The van der Waals surface area contributed by atoms with Crippen molar-refractivity contribution in [3.05, 3.63) is 77.5 Å². The molecule has 0 saturated heterocycles. The van der Waals surface area contributed by atoms with Gasteiger partial charge in [0.05, 0.1) is 19.7 Å². The first-order valence-corrected chi connectivity index (χ1v) is 10.8. The van der Waals surface area contributed by atoms with E-state index < -0.39 is 6.09 Å². The molecule has 178 valence electrons. The molecule has 3 aromatic carbocycles. The van der Waals surface area contributed by atoms with Crippen LogP contribution in [0.5, 0.6) is 28.7 Å². The zero-order valence-electron chi connectivity index (χ0n) is 19.8. The van der Waals surface area contributed by atoms with E-state index in [0.717, 1.165) is 22.1 Å². The first-order valence-electron chi connectivity index (χ1n) is 10.8. The summed E-state index contributed by atoms with van der Waals surface area (Å²) in [7, 11) is 3.16. The molecule has 35 heavy (non-hydrogen) atoms. The van der Waals surface area contributed by atoms with Gasteiger partial charge in [-0.05, 0) is 79.1 Å². The summed E-state index contributed by atoms with van der Waals surface area (Å²) in [6.07, 6.45) is 2.29. The smallest absolute Gasteiger partial charge is 0.417 e. The van der Waals surface area contributed by atoms with Crippen molar-refractivity contribution >= 4 is 28.9 Å². The van der Waals surface area contributed by atoms with Crippen LogP contribution in [0.3, 0.4) is 0 Å². The Morgan fingerprint density at radius 3 is 2.29 bits per heavy atom. The van der Waals surface area contributed by atoms with Gasteiger partial charge in [0, 0.05) is 29.6 Å². The molecular weight excluding hydrogens is 446 g/mol. The molecule has 0 spiro atoms. The number of pyridine rings is 1. The Morgan fingerprint density at radius 2 is 1.60 bits per heavy atom. The predicted molar refractivity (Wildman–Crippen MR) is 135 cm³/mol. The van der Waals surface area contributed by atoms with Gasteiger partial charge >= 0.3 is 6.09 Å². The Labute approximate surface area is 202 Å². The van der Waals surface area contributed by atoms with E-state index in [9.17, 15) is 4.79 Å². The summed E-state index contributed by atoms with van der Waals surface area (Å²) in [6, 6.07) is 15.8. The lowest BCUT2D eigenvalue weighted by molar-refractivity contribution is 0.215. The number of benzene rings is 3. The fourth-order valence-electron chi connectivity index (χ4n) is 3.56. The second-order valence-electron chi connectivity index (χ2n) is 7.80. The molecule has 1 heterocycles. The van der Waals surface area contributed by atoms with Crippen LogP contribution in [0.15, 0.2) is 60.8 Å². The summed E-state index contributed by atoms with van der Waals surface area (Å²) in [5, 5.41) is 10.8. The lowest BCUT2D eigenvalue weighted by Gasteiger charge is -2.16. The second-order valence-corrected chi connectivity index (χ2v) is 7.80. The highest BCUT2D eigenvalue weighted by Gasteiger charge is 2.14. The third-order valence-electron chi connectivity index (χ3n) is 5.44. The maximum Gasteiger partial charge on any atom is 0.417 e. The van der Waals surface area contributed by atoms with Crippen molar-refractivity contribution in [3.63, 3.8) is 0 Å². The van der Waals surface area contributed by atoms with Gasteiger partial charge in [-0.25, -0.2) is 4.79 Å². The molecule has 1 aromatic heterocycles. The van der Waals surface area contributed by atoms with E-state index in [1.807, 2.05) is 32.0 Å². The van der Waals surface area contributed by atoms with Crippen LogP contribution in [0.2, 0.25) is 0 Å². The minimum Gasteiger partial charge on any atom is -0.493 e. The Hall–Kier alpha value is -4.59. The second kappa shape index (κ2) is 10.1. The standard InChI is InChI=1S/C27H25N3O5/c1-16-12-24(35-23-9-10-29-22-14-26(33-4)25(32-3)13-20(22)23)17(2)11-21(16)30-27(31)34-19-7-5-18(15-28)6-8-19/h5-15,28H,1-4H3,(H,30,31). The zero-order valence-corrected chi connectivity index (χ0v) is 19.8. The monoisotopic (exact) mass is 471 g/mol. The van der Waals surface area contributed by atoms with Gasteiger partial charge in [0.15, 0.2) is 11.5 Å². The van der Waals surface area contributed by atoms with Crippen LogP contribution in [0.1, 0.15) is 16.7 Å². The van der Waals surface area contributed by atoms with Gasteiger partial charge < -0.3 is 24.4 Å². The van der Waals surface area contributed by atoms with Crippen molar-refractivity contribution < 1.29 is 23.7 Å². The number of amides is 1. The highest BCUT2D eigenvalue weighted by Crippen LogP contribution is 2.38. The number of methoxy groups -OCH3 is 2. The number of anilines is 1. The van der Waals surface area contributed by atoms with Crippen molar-refractivity contribution in [1.29, 1.82) is 5.41 Å².